The standard InChI is InChI=1S/C14H17IN5O2P.C13H17N3/c1-9-3-2-4-19(8-9)14(22)13(21)18-11-7-16-5-10-6-17-20(23-15)12(10)11;1-15-8-6-12(7-9-15)16-10-11-4-2-3-5-13(11)14-16/h5-7,9,23H,2-4,8H2,1H3,(H,18,21);2-5,10,12H,6-9H2,1H3. The first-order valence-corrected chi connectivity index (χ1v) is 17.4. The Morgan fingerprint density at radius 3 is 2.59 bits per heavy atom. The second-order valence-electron chi connectivity index (χ2n) is 10.4. The number of hydrogen-bond donors (Lipinski definition) is 1. The van der Waals surface area contributed by atoms with Gasteiger partial charge in [0.15, 0.2) is 0 Å². The summed E-state index contributed by atoms with van der Waals surface area (Å²) in [5.41, 5.74) is 2.43. The zero-order valence-electron chi connectivity index (χ0n) is 22.3. The fraction of sp³-hybridized carbons (Fsp3) is 0.444. The van der Waals surface area contributed by atoms with Crippen molar-refractivity contribution in [2.45, 2.75) is 38.6 Å². The highest BCUT2D eigenvalue weighted by atomic mass is 127. The second-order valence-corrected chi connectivity index (χ2v) is 12.5. The summed E-state index contributed by atoms with van der Waals surface area (Å²) in [6.07, 6.45) is 12.0. The van der Waals surface area contributed by atoms with Gasteiger partial charge >= 0.3 is 11.8 Å². The van der Waals surface area contributed by atoms with Gasteiger partial charge in [0, 0.05) is 36.3 Å². The Bertz CT molecular complexity index is 1420. The molecule has 4 aromatic rings. The Kier molecular flexibility index (Phi) is 9.09. The molecule has 2 aliphatic rings. The summed E-state index contributed by atoms with van der Waals surface area (Å²) >= 11 is 2.22. The van der Waals surface area contributed by atoms with Gasteiger partial charge in [0.05, 0.1) is 41.5 Å². The molecule has 0 bridgehead atoms. The lowest BCUT2D eigenvalue weighted by molar-refractivity contribution is -0.144. The summed E-state index contributed by atoms with van der Waals surface area (Å²) < 4.78 is 3.96. The minimum atomic E-state index is -0.613. The Morgan fingerprint density at radius 2 is 1.85 bits per heavy atom. The van der Waals surface area contributed by atoms with Gasteiger partial charge in [-0.05, 0) is 79.8 Å². The molecule has 0 spiro atoms. The van der Waals surface area contributed by atoms with Gasteiger partial charge in [-0.25, -0.2) is 4.45 Å². The molecule has 1 N–H and O–H groups in total. The zero-order valence-corrected chi connectivity index (χ0v) is 25.4. The third-order valence-corrected chi connectivity index (χ3v) is 9.30. The Morgan fingerprint density at radius 1 is 1.05 bits per heavy atom. The fourth-order valence-electron chi connectivity index (χ4n) is 5.26. The van der Waals surface area contributed by atoms with Crippen molar-refractivity contribution >= 4 is 67.7 Å². The van der Waals surface area contributed by atoms with Crippen LogP contribution < -0.4 is 5.32 Å². The molecule has 0 radical (unpaired) electrons. The first-order chi connectivity index (χ1) is 18.9. The van der Waals surface area contributed by atoms with E-state index in [-0.39, 0.29) is 0 Å². The number of hydrogen-bond acceptors (Lipinski definition) is 6. The van der Waals surface area contributed by atoms with Crippen molar-refractivity contribution in [3.05, 3.63) is 49.1 Å². The largest absolute Gasteiger partial charge is 0.334 e. The van der Waals surface area contributed by atoms with Crippen LogP contribution in [0.3, 0.4) is 0 Å². The number of carbonyl (C=O) groups excluding carboxylic acids is 2. The smallest absolute Gasteiger partial charge is 0.314 e. The molecule has 2 aliphatic heterocycles. The minimum absolute atomic E-state index is 0.398. The van der Waals surface area contributed by atoms with Crippen LogP contribution in [0.4, 0.5) is 5.69 Å². The maximum Gasteiger partial charge on any atom is 0.314 e. The maximum atomic E-state index is 12.3. The number of rotatable bonds is 3. The summed E-state index contributed by atoms with van der Waals surface area (Å²) in [6, 6.07) is 8.93. The van der Waals surface area contributed by atoms with Crippen LogP contribution in [-0.4, -0.2) is 79.2 Å². The van der Waals surface area contributed by atoms with E-state index in [0.29, 0.717) is 37.1 Å². The molecule has 0 saturated carbocycles. The van der Waals surface area contributed by atoms with E-state index in [0.717, 1.165) is 29.3 Å². The van der Waals surface area contributed by atoms with Crippen molar-refractivity contribution in [1.29, 1.82) is 0 Å². The molecule has 2 amide bonds. The van der Waals surface area contributed by atoms with Crippen molar-refractivity contribution in [2.75, 3.05) is 38.5 Å². The lowest BCUT2D eigenvalue weighted by atomic mass is 10.0. The predicted molar refractivity (Wildman–Crippen MR) is 164 cm³/mol. The van der Waals surface area contributed by atoms with E-state index in [1.165, 1.54) is 31.3 Å². The molecule has 3 aromatic heterocycles. The monoisotopic (exact) mass is 660 g/mol. The molecular formula is C27H34IN8O2P. The van der Waals surface area contributed by atoms with Crippen LogP contribution in [0.15, 0.2) is 49.1 Å². The molecule has 206 valence electrons. The van der Waals surface area contributed by atoms with Crippen LogP contribution in [0.25, 0.3) is 21.8 Å². The molecule has 2 fully saturated rings. The predicted octanol–water partition coefficient (Wildman–Crippen LogP) is 4.72. The normalized spacial score (nSPS) is 18.9. The number of nitrogens with one attached hydrogen (secondary N) is 1. The maximum absolute atomic E-state index is 12.3. The molecule has 6 rings (SSSR count). The Hall–Kier alpha value is -2.63. The number of piperidine rings is 2. The molecule has 2 saturated heterocycles. The molecule has 2 unspecified atom stereocenters. The average molecular weight is 661 g/mol. The summed E-state index contributed by atoms with van der Waals surface area (Å²) in [7, 11) is 2.19. The van der Waals surface area contributed by atoms with Gasteiger partial charge < -0.3 is 15.1 Å². The molecule has 10 nitrogen and oxygen atoms in total. The van der Waals surface area contributed by atoms with Crippen molar-refractivity contribution in [2.24, 2.45) is 5.92 Å². The number of fused-ring (bicyclic) bond motifs is 2. The molecule has 1 aromatic carbocycles. The van der Waals surface area contributed by atoms with E-state index in [1.807, 2.05) is 6.07 Å². The number of carbonyl (C=O) groups is 2. The molecule has 0 aliphatic carbocycles. The van der Waals surface area contributed by atoms with Gasteiger partial charge in [0.2, 0.25) is 0 Å². The van der Waals surface area contributed by atoms with E-state index in [4.69, 9.17) is 0 Å². The van der Waals surface area contributed by atoms with E-state index >= 15 is 0 Å². The summed E-state index contributed by atoms with van der Waals surface area (Å²) in [4.78, 5) is 32.8. The van der Waals surface area contributed by atoms with Gasteiger partial charge in [0.25, 0.3) is 0 Å². The number of nitrogens with zero attached hydrogens (tertiary/aromatic N) is 7. The SMILES string of the molecule is CC1CCCN(C(=O)C(=O)Nc2cncc3cnn(PI)c23)C1.CN1CCC(n2cc3ccccc3n2)CC1. The lowest BCUT2D eigenvalue weighted by Gasteiger charge is -2.30. The number of benzene rings is 1. The Labute approximate surface area is 242 Å². The van der Waals surface area contributed by atoms with Gasteiger partial charge in [-0.3, -0.25) is 19.3 Å². The second kappa shape index (κ2) is 12.7. The number of likely N-dealkylation sites (tertiary alicyclic amines) is 2. The summed E-state index contributed by atoms with van der Waals surface area (Å²) in [6.45, 7) is 5.75. The van der Waals surface area contributed by atoms with E-state index in [9.17, 15) is 9.59 Å². The van der Waals surface area contributed by atoms with Crippen molar-refractivity contribution in [3.63, 3.8) is 0 Å². The van der Waals surface area contributed by atoms with Crippen LogP contribution in [0.5, 0.6) is 0 Å². The topological polar surface area (TPSA) is 101 Å². The highest BCUT2D eigenvalue weighted by Crippen LogP contribution is 2.32. The highest BCUT2D eigenvalue weighted by molar-refractivity contribution is 14.2. The van der Waals surface area contributed by atoms with Crippen molar-refractivity contribution < 1.29 is 9.59 Å². The average Bonchev–Trinajstić information content (AvgIpc) is 3.58. The van der Waals surface area contributed by atoms with Crippen molar-refractivity contribution in [3.8, 4) is 0 Å². The van der Waals surface area contributed by atoms with Gasteiger partial charge in [-0.2, -0.15) is 10.2 Å². The van der Waals surface area contributed by atoms with E-state index < -0.39 is 11.8 Å². The van der Waals surface area contributed by atoms with Crippen molar-refractivity contribution in [1.82, 2.24) is 34.1 Å². The number of amides is 2. The molecule has 39 heavy (non-hydrogen) atoms. The van der Waals surface area contributed by atoms with Gasteiger partial charge in [-0.15, -0.1) is 0 Å². The molecule has 12 heteroatoms. The Balaban J connectivity index is 0.000000168. The number of halogens is 1. The molecule has 5 heterocycles. The van der Waals surface area contributed by atoms with Gasteiger partial charge in [-0.1, -0.05) is 25.1 Å². The van der Waals surface area contributed by atoms with Gasteiger partial charge in [0.1, 0.15) is 0 Å². The number of pyridine rings is 1. The van der Waals surface area contributed by atoms with Crippen LogP contribution in [0, 0.1) is 5.92 Å². The third-order valence-electron chi connectivity index (χ3n) is 7.43. The summed E-state index contributed by atoms with van der Waals surface area (Å²) in [5, 5.41) is 13.7. The minimum Gasteiger partial charge on any atom is -0.334 e. The van der Waals surface area contributed by atoms with Crippen LogP contribution >= 0.6 is 28.4 Å². The van der Waals surface area contributed by atoms with Crippen LogP contribution in [0.1, 0.15) is 38.6 Å². The quantitative estimate of drug-likeness (QED) is 0.194. The zero-order chi connectivity index (χ0) is 27.4. The fourth-order valence-corrected chi connectivity index (χ4v) is 6.79. The first kappa shape index (κ1) is 27.9. The third kappa shape index (κ3) is 6.58. The van der Waals surface area contributed by atoms with E-state index in [1.54, 1.807) is 27.9 Å². The molecular weight excluding hydrogens is 626 g/mol. The lowest BCUT2D eigenvalue weighted by Crippen LogP contribution is -2.44. The molecule has 2 atom stereocenters. The summed E-state index contributed by atoms with van der Waals surface area (Å²) in [5.74, 6) is -0.651. The van der Waals surface area contributed by atoms with Crippen LogP contribution in [-0.2, 0) is 9.59 Å². The van der Waals surface area contributed by atoms with E-state index in [2.05, 4.69) is 90.5 Å². The highest BCUT2D eigenvalue weighted by Gasteiger charge is 2.27. The number of anilines is 1. The first-order valence-electron chi connectivity index (χ1n) is 13.3. The van der Waals surface area contributed by atoms with Crippen LogP contribution in [0.2, 0.25) is 0 Å². The number of aromatic nitrogens is 5.